The highest BCUT2D eigenvalue weighted by atomic mass is 32.2. The molecule has 4 aromatic rings. The molecule has 3 N–H and O–H groups in total. The summed E-state index contributed by atoms with van der Waals surface area (Å²) in [5, 5.41) is 9.49. The molecule has 2 aromatic heterocycles. The molecule has 5 rings (SSSR count). The third kappa shape index (κ3) is 13.8. The summed E-state index contributed by atoms with van der Waals surface area (Å²) >= 11 is 0. The van der Waals surface area contributed by atoms with Gasteiger partial charge in [0, 0.05) is 54.9 Å². The monoisotopic (exact) mass is 714 g/mol. The number of aromatic nitrogens is 2. The van der Waals surface area contributed by atoms with E-state index in [2.05, 4.69) is 38.9 Å². The van der Waals surface area contributed by atoms with Gasteiger partial charge in [0.05, 0.1) is 24.5 Å². The minimum Gasteiger partial charge on any atom is -0.354 e. The number of carbonyl (C=O) groups is 3. The zero-order chi connectivity index (χ0) is 37.2. The molecular weight excluding hydrogens is 665 g/mol. The molecule has 1 aliphatic rings. The Hall–Kier alpha value is -4.78. The highest BCUT2D eigenvalue weighted by Gasteiger charge is 2.25. The minimum atomic E-state index is -3.65. The topological polar surface area (TPSA) is 150 Å². The van der Waals surface area contributed by atoms with Crippen molar-refractivity contribution >= 4 is 34.7 Å². The number of anilines is 1. The SMILES string of the molecule is C=O.CNC(C)c1cccnc1.C[C@H](NC[C@H](Cc1ccccn1)c1cc(C=O)cc(N(Cc2ccccc2)S(C)(=O)=O)c1)C(=O)NCC1CC1. The maximum atomic E-state index is 12.9. The van der Waals surface area contributed by atoms with E-state index in [0.29, 0.717) is 42.7 Å². The van der Waals surface area contributed by atoms with Gasteiger partial charge in [0.2, 0.25) is 15.9 Å². The first-order chi connectivity index (χ1) is 24.6. The molecule has 51 heavy (non-hydrogen) atoms. The number of pyridine rings is 2. The van der Waals surface area contributed by atoms with Crippen molar-refractivity contribution in [3.8, 4) is 0 Å². The molecule has 0 saturated heterocycles. The molecule has 1 saturated carbocycles. The molecule has 1 unspecified atom stereocenters. The lowest BCUT2D eigenvalue weighted by Gasteiger charge is -2.26. The number of benzene rings is 2. The van der Waals surface area contributed by atoms with E-state index in [4.69, 9.17) is 4.79 Å². The fourth-order valence-electron chi connectivity index (χ4n) is 5.27. The Kier molecular flexibility index (Phi) is 16.6. The van der Waals surface area contributed by atoms with Crippen molar-refractivity contribution in [2.45, 2.75) is 57.7 Å². The third-order valence-corrected chi connectivity index (χ3v) is 9.69. The molecule has 2 aromatic carbocycles. The van der Waals surface area contributed by atoms with Crippen molar-refractivity contribution in [3.05, 3.63) is 125 Å². The second-order valence-corrected chi connectivity index (χ2v) is 14.5. The Bertz CT molecular complexity index is 1740. The second-order valence-electron chi connectivity index (χ2n) is 12.6. The van der Waals surface area contributed by atoms with Gasteiger partial charge in [-0.05, 0) is 99.2 Å². The molecule has 0 spiro atoms. The molecule has 2 heterocycles. The van der Waals surface area contributed by atoms with Crippen LogP contribution in [0.5, 0.6) is 0 Å². The van der Waals surface area contributed by atoms with Gasteiger partial charge in [0.15, 0.2) is 0 Å². The summed E-state index contributed by atoms with van der Waals surface area (Å²) in [6, 6.07) is 24.2. The van der Waals surface area contributed by atoms with Crippen LogP contribution in [0, 0.1) is 5.92 Å². The van der Waals surface area contributed by atoms with Gasteiger partial charge < -0.3 is 20.7 Å². The van der Waals surface area contributed by atoms with E-state index < -0.39 is 16.1 Å². The standard InChI is InChI=1S/C30H36N4O4S.C8H12N2.CH2O/c1-22(30(36)33-18-23-11-12-23)32-19-27(16-28-10-6-7-13-31-28)26-14-25(21-35)15-29(17-26)34(39(2,37)38)20-24-8-4-3-5-9-24;1-7(9-2)8-4-3-5-10-6-8;1-2/h3-10,13-15,17,21-23,27,32H,11-12,16,18-20H2,1-2H3,(H,33,36);3-7,9H,1-2H3;1H2/t22-,27-;;/m0../s1. The van der Waals surface area contributed by atoms with Crippen molar-refractivity contribution in [2.24, 2.45) is 5.92 Å². The van der Waals surface area contributed by atoms with Gasteiger partial charge in [-0.3, -0.25) is 23.9 Å². The maximum absolute atomic E-state index is 12.9. The summed E-state index contributed by atoms with van der Waals surface area (Å²) < 4.78 is 27.1. The number of rotatable bonds is 16. The lowest BCUT2D eigenvalue weighted by Crippen LogP contribution is -2.44. The van der Waals surface area contributed by atoms with Gasteiger partial charge in [-0.2, -0.15) is 0 Å². The highest BCUT2D eigenvalue weighted by Crippen LogP contribution is 2.29. The lowest BCUT2D eigenvalue weighted by molar-refractivity contribution is -0.122. The smallest absolute Gasteiger partial charge is 0.236 e. The first-order valence-electron chi connectivity index (χ1n) is 17.0. The first-order valence-corrected chi connectivity index (χ1v) is 18.8. The number of hydrogen-bond donors (Lipinski definition) is 3. The summed E-state index contributed by atoms with van der Waals surface area (Å²) in [5.41, 5.74) is 4.51. The minimum absolute atomic E-state index is 0.0491. The molecule has 3 atom stereocenters. The molecular formula is C39H50N6O5S. The quantitative estimate of drug-likeness (QED) is 0.138. The van der Waals surface area contributed by atoms with Crippen molar-refractivity contribution in [1.82, 2.24) is 25.9 Å². The Labute approximate surface area is 302 Å². The highest BCUT2D eigenvalue weighted by molar-refractivity contribution is 7.92. The van der Waals surface area contributed by atoms with Crippen molar-refractivity contribution in [3.63, 3.8) is 0 Å². The normalized spacial score (nSPS) is 14.0. The van der Waals surface area contributed by atoms with Crippen LogP contribution in [0.1, 0.15) is 71.4 Å². The predicted octanol–water partition coefficient (Wildman–Crippen LogP) is 4.87. The van der Waals surface area contributed by atoms with Crippen LogP contribution in [0.15, 0.2) is 97.5 Å². The van der Waals surface area contributed by atoms with Gasteiger partial charge in [-0.25, -0.2) is 8.42 Å². The second kappa shape index (κ2) is 20.8. The average molecular weight is 715 g/mol. The van der Waals surface area contributed by atoms with Crippen molar-refractivity contribution in [1.29, 1.82) is 0 Å². The zero-order valence-corrected chi connectivity index (χ0v) is 30.7. The predicted molar refractivity (Wildman–Crippen MR) is 202 cm³/mol. The Morgan fingerprint density at radius 2 is 1.71 bits per heavy atom. The van der Waals surface area contributed by atoms with Gasteiger partial charge in [0.25, 0.3) is 0 Å². The molecule has 0 bridgehead atoms. The van der Waals surface area contributed by atoms with Crippen LogP contribution in [-0.4, -0.2) is 69.8 Å². The number of amides is 1. The van der Waals surface area contributed by atoms with Crippen LogP contribution in [-0.2, 0) is 32.6 Å². The average Bonchev–Trinajstić information content (AvgIpc) is 4.00. The molecule has 1 fully saturated rings. The van der Waals surface area contributed by atoms with Crippen LogP contribution in [0.2, 0.25) is 0 Å². The first kappa shape index (κ1) is 40.6. The summed E-state index contributed by atoms with van der Waals surface area (Å²) in [5.74, 6) is 0.374. The van der Waals surface area contributed by atoms with E-state index in [-0.39, 0.29) is 18.4 Å². The molecule has 1 aliphatic carbocycles. The number of sulfonamides is 1. The molecule has 0 radical (unpaired) electrons. The largest absolute Gasteiger partial charge is 0.354 e. The van der Waals surface area contributed by atoms with Gasteiger partial charge in [0.1, 0.15) is 13.1 Å². The number of hydrogen-bond acceptors (Lipinski definition) is 9. The van der Waals surface area contributed by atoms with E-state index >= 15 is 0 Å². The number of nitrogens with one attached hydrogen (secondary N) is 3. The Balaban J connectivity index is 0.000000499. The number of nitrogens with zero attached hydrogens (tertiary/aromatic N) is 3. The number of aldehydes is 1. The van der Waals surface area contributed by atoms with Crippen LogP contribution in [0.25, 0.3) is 0 Å². The van der Waals surface area contributed by atoms with Crippen LogP contribution >= 0.6 is 0 Å². The zero-order valence-electron chi connectivity index (χ0n) is 29.9. The summed E-state index contributed by atoms with van der Waals surface area (Å²) in [6.07, 6.45) is 10.2. The Morgan fingerprint density at radius 1 is 0.980 bits per heavy atom. The van der Waals surface area contributed by atoms with Crippen LogP contribution < -0.4 is 20.3 Å². The van der Waals surface area contributed by atoms with Crippen molar-refractivity contribution < 1.29 is 22.8 Å². The summed E-state index contributed by atoms with van der Waals surface area (Å²) in [7, 11) is -1.71. The molecule has 1 amide bonds. The van der Waals surface area contributed by atoms with E-state index in [9.17, 15) is 18.0 Å². The van der Waals surface area contributed by atoms with Gasteiger partial charge in [-0.15, -0.1) is 0 Å². The Morgan fingerprint density at radius 3 is 2.29 bits per heavy atom. The van der Waals surface area contributed by atoms with E-state index in [0.717, 1.165) is 29.4 Å². The fourth-order valence-corrected chi connectivity index (χ4v) is 6.14. The summed E-state index contributed by atoms with van der Waals surface area (Å²) in [4.78, 5) is 41.1. The molecule has 272 valence electrons. The van der Waals surface area contributed by atoms with Crippen LogP contribution in [0.3, 0.4) is 0 Å². The maximum Gasteiger partial charge on any atom is 0.236 e. The van der Waals surface area contributed by atoms with E-state index in [1.807, 2.05) is 87.6 Å². The van der Waals surface area contributed by atoms with Crippen molar-refractivity contribution in [2.75, 3.05) is 30.7 Å². The van der Waals surface area contributed by atoms with E-state index in [1.54, 1.807) is 24.5 Å². The third-order valence-electron chi connectivity index (χ3n) is 8.55. The van der Waals surface area contributed by atoms with Crippen LogP contribution in [0.4, 0.5) is 5.69 Å². The van der Waals surface area contributed by atoms with Gasteiger partial charge in [-0.1, -0.05) is 42.5 Å². The molecule has 12 heteroatoms. The lowest BCUT2D eigenvalue weighted by atomic mass is 9.91. The fraction of sp³-hybridized carbons (Fsp3) is 0.359. The molecule has 0 aliphatic heterocycles. The van der Waals surface area contributed by atoms with E-state index in [1.165, 1.54) is 22.7 Å². The number of carbonyl (C=O) groups excluding carboxylic acids is 3. The molecule has 11 nitrogen and oxygen atoms in total. The van der Waals surface area contributed by atoms with Gasteiger partial charge >= 0.3 is 0 Å². The summed E-state index contributed by atoms with van der Waals surface area (Å²) in [6.45, 7) is 7.22.